The maximum absolute atomic E-state index is 14.1. The monoisotopic (exact) mass is 274 g/mol. The number of alkyl halides is 2. The van der Waals surface area contributed by atoms with Crippen LogP contribution in [0.15, 0.2) is 18.2 Å². The molecule has 0 unspecified atom stereocenters. The average Bonchev–Trinajstić information content (AvgIpc) is 2.26. The lowest BCUT2D eigenvalue weighted by molar-refractivity contribution is -0.175. The van der Waals surface area contributed by atoms with Crippen molar-refractivity contribution in [3.05, 3.63) is 35.1 Å². The predicted molar refractivity (Wildman–Crippen MR) is 64.9 cm³/mol. The molecule has 1 aliphatic rings. The first-order valence-electron chi connectivity index (χ1n) is 6.28. The van der Waals surface area contributed by atoms with Gasteiger partial charge in [-0.15, -0.1) is 0 Å². The number of hydrogen-bond acceptors (Lipinski definition) is 2. The van der Waals surface area contributed by atoms with Gasteiger partial charge in [-0.25, -0.2) is 4.39 Å². The number of rotatable bonds is 5. The predicted octanol–water partition coefficient (Wildman–Crippen LogP) is 3.46. The molecule has 1 fully saturated rings. The van der Waals surface area contributed by atoms with Crippen LogP contribution in [-0.4, -0.2) is 25.9 Å². The second kappa shape index (κ2) is 5.51. The van der Waals surface area contributed by atoms with Gasteiger partial charge in [0.1, 0.15) is 18.5 Å². The van der Waals surface area contributed by atoms with Gasteiger partial charge in [0.25, 0.3) is 5.92 Å². The van der Waals surface area contributed by atoms with Crippen molar-refractivity contribution in [2.45, 2.75) is 31.8 Å². The number of ether oxygens (including phenoxy) is 2. The summed E-state index contributed by atoms with van der Waals surface area (Å²) in [6.45, 7) is 3.36. The summed E-state index contributed by atoms with van der Waals surface area (Å²) in [5.41, 5.74) is -0.303. The molecule has 0 atom stereocenters. The van der Waals surface area contributed by atoms with E-state index in [1.807, 2.05) is 0 Å². The van der Waals surface area contributed by atoms with E-state index in [0.29, 0.717) is 18.8 Å². The Hall–Kier alpha value is -1.07. The first-order valence-corrected chi connectivity index (χ1v) is 6.28. The minimum Gasteiger partial charge on any atom is -0.376 e. The molecule has 5 heteroatoms. The van der Waals surface area contributed by atoms with Gasteiger partial charge >= 0.3 is 0 Å². The highest BCUT2D eigenvalue weighted by molar-refractivity contribution is 5.31. The molecule has 2 rings (SSSR count). The highest BCUT2D eigenvalue weighted by Gasteiger charge is 2.37. The van der Waals surface area contributed by atoms with Crippen molar-refractivity contribution in [2.75, 3.05) is 19.8 Å². The first-order chi connectivity index (χ1) is 8.92. The van der Waals surface area contributed by atoms with Crippen molar-refractivity contribution >= 4 is 0 Å². The fraction of sp³-hybridized carbons (Fsp3) is 0.571. The lowest BCUT2D eigenvalue weighted by atomic mass is 9.97. The van der Waals surface area contributed by atoms with Gasteiger partial charge in [0, 0.05) is 0 Å². The van der Waals surface area contributed by atoms with Crippen molar-refractivity contribution in [3.8, 4) is 0 Å². The maximum atomic E-state index is 14.1. The minimum atomic E-state index is -3.33. The fourth-order valence-electron chi connectivity index (χ4n) is 1.89. The summed E-state index contributed by atoms with van der Waals surface area (Å²) < 4.78 is 51.9. The molecule has 19 heavy (non-hydrogen) atoms. The Morgan fingerprint density at radius 1 is 1.37 bits per heavy atom. The molecule has 0 aromatic heterocycles. The van der Waals surface area contributed by atoms with Crippen LogP contribution in [0, 0.1) is 5.82 Å². The smallest absolute Gasteiger partial charge is 0.298 e. The van der Waals surface area contributed by atoms with Crippen LogP contribution in [0.4, 0.5) is 13.2 Å². The Bertz CT molecular complexity index is 442. The summed E-state index contributed by atoms with van der Waals surface area (Å²) in [5.74, 6) is -4.31. The zero-order valence-corrected chi connectivity index (χ0v) is 11.0. The van der Waals surface area contributed by atoms with E-state index in [2.05, 4.69) is 0 Å². The minimum absolute atomic E-state index is 0.142. The van der Waals surface area contributed by atoms with Crippen LogP contribution in [0.5, 0.6) is 0 Å². The lowest BCUT2D eigenvalue weighted by Gasteiger charge is -2.28. The molecule has 2 nitrogen and oxygen atoms in total. The Morgan fingerprint density at radius 2 is 2.05 bits per heavy atom. The third-order valence-electron chi connectivity index (χ3n) is 3.15. The number of halogens is 3. The molecule has 1 heterocycles. The van der Waals surface area contributed by atoms with E-state index in [-0.39, 0.29) is 12.0 Å². The van der Waals surface area contributed by atoms with Crippen molar-refractivity contribution in [3.63, 3.8) is 0 Å². The van der Waals surface area contributed by atoms with Gasteiger partial charge in [-0.3, -0.25) is 0 Å². The summed E-state index contributed by atoms with van der Waals surface area (Å²) >= 11 is 0. The normalized spacial score (nSPS) is 16.7. The van der Waals surface area contributed by atoms with E-state index in [4.69, 9.17) is 9.47 Å². The molecule has 0 bridgehead atoms. The summed E-state index contributed by atoms with van der Waals surface area (Å²) in [6, 6.07) is 4.09. The largest absolute Gasteiger partial charge is 0.376 e. The van der Waals surface area contributed by atoms with E-state index >= 15 is 0 Å². The average molecular weight is 274 g/mol. The lowest BCUT2D eigenvalue weighted by Crippen LogP contribution is -2.39. The van der Waals surface area contributed by atoms with Gasteiger partial charge in [-0.2, -0.15) is 8.78 Å². The molecule has 106 valence electrons. The van der Waals surface area contributed by atoms with Crippen LogP contribution < -0.4 is 0 Å². The van der Waals surface area contributed by atoms with Crippen LogP contribution >= 0.6 is 0 Å². The van der Waals surface area contributed by atoms with Gasteiger partial charge in [0.05, 0.1) is 18.8 Å². The molecule has 0 N–H and O–H groups in total. The van der Waals surface area contributed by atoms with E-state index in [1.165, 1.54) is 12.1 Å². The van der Waals surface area contributed by atoms with E-state index in [0.717, 1.165) is 6.07 Å². The second-order valence-electron chi connectivity index (χ2n) is 5.04. The third kappa shape index (κ3) is 3.09. The summed E-state index contributed by atoms with van der Waals surface area (Å²) in [6.07, 6.45) is -0.304. The van der Waals surface area contributed by atoms with Crippen molar-refractivity contribution in [1.82, 2.24) is 0 Å². The van der Waals surface area contributed by atoms with Gasteiger partial charge in [0.2, 0.25) is 0 Å². The SMILES string of the molecule is CC(C)c1cccc(C(F)(F)COC2COC2)c1F. The van der Waals surface area contributed by atoms with Gasteiger partial charge in [0.15, 0.2) is 0 Å². The summed E-state index contributed by atoms with van der Waals surface area (Å²) in [5, 5.41) is 0. The zero-order chi connectivity index (χ0) is 14.0. The van der Waals surface area contributed by atoms with E-state index < -0.39 is 23.9 Å². The molecule has 0 spiro atoms. The Balaban J connectivity index is 2.16. The highest BCUT2D eigenvalue weighted by atomic mass is 19.3. The van der Waals surface area contributed by atoms with Crippen LogP contribution in [0.1, 0.15) is 30.9 Å². The molecule has 0 saturated carbocycles. The van der Waals surface area contributed by atoms with Crippen LogP contribution in [0.25, 0.3) is 0 Å². The van der Waals surface area contributed by atoms with Gasteiger partial charge < -0.3 is 9.47 Å². The molecule has 0 aliphatic carbocycles. The quantitative estimate of drug-likeness (QED) is 0.818. The number of benzene rings is 1. The standard InChI is InChI=1S/C14H17F3O2/c1-9(2)11-4-3-5-12(13(11)15)14(16,17)8-19-10-6-18-7-10/h3-5,9-10H,6-8H2,1-2H3. The fourth-order valence-corrected chi connectivity index (χ4v) is 1.89. The van der Waals surface area contributed by atoms with Crippen LogP contribution in [-0.2, 0) is 15.4 Å². The zero-order valence-electron chi connectivity index (χ0n) is 11.0. The van der Waals surface area contributed by atoms with E-state index in [9.17, 15) is 13.2 Å². The van der Waals surface area contributed by atoms with Crippen LogP contribution in [0.3, 0.4) is 0 Å². The van der Waals surface area contributed by atoms with Crippen molar-refractivity contribution < 1.29 is 22.6 Å². The van der Waals surface area contributed by atoms with Crippen LogP contribution in [0.2, 0.25) is 0 Å². The van der Waals surface area contributed by atoms with Gasteiger partial charge in [-0.1, -0.05) is 26.0 Å². The van der Waals surface area contributed by atoms with E-state index in [1.54, 1.807) is 13.8 Å². The molecule has 1 saturated heterocycles. The molecular weight excluding hydrogens is 257 g/mol. The Morgan fingerprint density at radius 3 is 2.58 bits per heavy atom. The molecular formula is C14H17F3O2. The second-order valence-corrected chi connectivity index (χ2v) is 5.04. The molecule has 0 radical (unpaired) electrons. The van der Waals surface area contributed by atoms with Crippen molar-refractivity contribution in [2.24, 2.45) is 0 Å². The maximum Gasteiger partial charge on any atom is 0.298 e. The Kier molecular flexibility index (Phi) is 4.16. The van der Waals surface area contributed by atoms with Gasteiger partial charge in [-0.05, 0) is 17.5 Å². The Labute approximate surface area is 110 Å². The highest BCUT2D eigenvalue weighted by Crippen LogP contribution is 2.34. The first kappa shape index (κ1) is 14.3. The third-order valence-corrected chi connectivity index (χ3v) is 3.15. The molecule has 1 aromatic rings. The number of hydrogen-bond donors (Lipinski definition) is 0. The molecule has 1 aromatic carbocycles. The summed E-state index contributed by atoms with van der Waals surface area (Å²) in [7, 11) is 0. The van der Waals surface area contributed by atoms with Crippen molar-refractivity contribution in [1.29, 1.82) is 0 Å². The summed E-state index contributed by atoms with van der Waals surface area (Å²) in [4.78, 5) is 0. The molecule has 0 amide bonds. The molecule has 1 aliphatic heterocycles. The topological polar surface area (TPSA) is 18.5 Å².